The molecule has 0 aliphatic carbocycles. The highest BCUT2D eigenvalue weighted by Gasteiger charge is 2.41. The molecule has 3 aliphatic rings. The Kier molecular flexibility index (Phi) is 5.65. The highest BCUT2D eigenvalue weighted by molar-refractivity contribution is 6.06. The van der Waals surface area contributed by atoms with Crippen molar-refractivity contribution in [1.29, 1.82) is 0 Å². The van der Waals surface area contributed by atoms with Crippen LogP contribution >= 0.6 is 0 Å². The minimum atomic E-state index is -0.849. The Morgan fingerprint density at radius 2 is 1.85 bits per heavy atom. The van der Waals surface area contributed by atoms with Crippen LogP contribution in [0.2, 0.25) is 0 Å². The van der Waals surface area contributed by atoms with Gasteiger partial charge in [0.1, 0.15) is 11.9 Å². The van der Waals surface area contributed by atoms with Crippen molar-refractivity contribution in [2.75, 3.05) is 13.2 Å². The average molecular weight is 465 g/mol. The Hall–Kier alpha value is -3.59. The highest BCUT2D eigenvalue weighted by atomic mass is 19.1. The number of hydrogen-bond donors (Lipinski definition) is 2. The van der Waals surface area contributed by atoms with Crippen LogP contribution in [0.3, 0.4) is 0 Å². The zero-order valence-corrected chi connectivity index (χ0v) is 18.4. The molecule has 34 heavy (non-hydrogen) atoms. The quantitative estimate of drug-likeness (QED) is 0.673. The topological polar surface area (TPSA) is 105 Å². The molecule has 0 radical (unpaired) electrons. The van der Waals surface area contributed by atoms with E-state index in [2.05, 4.69) is 10.6 Å². The van der Waals surface area contributed by atoms with Gasteiger partial charge in [-0.15, -0.1) is 0 Å². The maximum Gasteiger partial charge on any atom is 0.258 e. The van der Waals surface area contributed by atoms with Gasteiger partial charge in [-0.1, -0.05) is 30.3 Å². The van der Waals surface area contributed by atoms with Crippen LogP contribution in [0.5, 0.6) is 0 Å². The number of imide groups is 1. The molecule has 0 spiro atoms. The van der Waals surface area contributed by atoms with E-state index in [1.165, 1.54) is 11.0 Å². The van der Waals surface area contributed by atoms with Crippen LogP contribution in [-0.4, -0.2) is 47.8 Å². The summed E-state index contributed by atoms with van der Waals surface area (Å²) in [6.45, 7) is 0.975. The van der Waals surface area contributed by atoms with Crippen molar-refractivity contribution < 1.29 is 28.3 Å². The lowest BCUT2D eigenvalue weighted by Gasteiger charge is -2.38. The van der Waals surface area contributed by atoms with Gasteiger partial charge in [0.25, 0.3) is 11.8 Å². The lowest BCUT2D eigenvalue weighted by atomic mass is 9.82. The van der Waals surface area contributed by atoms with Crippen LogP contribution in [0.1, 0.15) is 57.5 Å². The third kappa shape index (κ3) is 3.86. The monoisotopic (exact) mass is 465 g/mol. The van der Waals surface area contributed by atoms with Crippen molar-refractivity contribution in [3.8, 4) is 0 Å². The summed E-state index contributed by atoms with van der Waals surface area (Å²) in [5.74, 6) is -2.82. The number of halogens is 1. The van der Waals surface area contributed by atoms with E-state index in [1.807, 2.05) is 30.3 Å². The molecule has 3 heterocycles. The minimum Gasteiger partial charge on any atom is -0.381 e. The molecule has 0 bridgehead atoms. The molecule has 0 saturated carbocycles. The molecule has 1 unspecified atom stereocenters. The van der Waals surface area contributed by atoms with E-state index in [-0.39, 0.29) is 30.5 Å². The van der Waals surface area contributed by atoms with E-state index < -0.39 is 41.0 Å². The number of benzene rings is 2. The maximum absolute atomic E-state index is 15.1. The van der Waals surface area contributed by atoms with E-state index in [9.17, 15) is 19.2 Å². The van der Waals surface area contributed by atoms with Crippen molar-refractivity contribution >= 4 is 23.6 Å². The van der Waals surface area contributed by atoms with Gasteiger partial charge < -0.3 is 15.0 Å². The SMILES string of the molecule is O=C1CCC(N2Cc3cc(C(=O)NC4(c5ccccc5)CCOCC4)cc(F)c3C2=O)C(=O)N1. The van der Waals surface area contributed by atoms with Gasteiger partial charge in [0.15, 0.2) is 0 Å². The molecule has 2 N–H and O–H groups in total. The fourth-order valence-electron chi connectivity index (χ4n) is 5.04. The van der Waals surface area contributed by atoms with E-state index >= 15 is 4.39 Å². The molecule has 176 valence electrons. The van der Waals surface area contributed by atoms with Crippen molar-refractivity contribution in [2.45, 2.75) is 43.8 Å². The van der Waals surface area contributed by atoms with Crippen LogP contribution in [0.15, 0.2) is 42.5 Å². The van der Waals surface area contributed by atoms with Gasteiger partial charge in [-0.25, -0.2) is 4.39 Å². The van der Waals surface area contributed by atoms with Gasteiger partial charge in [-0.3, -0.25) is 24.5 Å². The first-order valence-electron chi connectivity index (χ1n) is 11.3. The van der Waals surface area contributed by atoms with E-state index in [4.69, 9.17) is 4.74 Å². The second-order valence-electron chi connectivity index (χ2n) is 8.91. The Balaban J connectivity index is 1.41. The van der Waals surface area contributed by atoms with E-state index in [0.29, 0.717) is 31.6 Å². The third-order valence-electron chi connectivity index (χ3n) is 6.86. The van der Waals surface area contributed by atoms with Crippen LogP contribution in [0, 0.1) is 5.82 Å². The molecule has 2 fully saturated rings. The number of amides is 4. The predicted octanol–water partition coefficient (Wildman–Crippen LogP) is 2.02. The van der Waals surface area contributed by atoms with Crippen molar-refractivity contribution in [3.63, 3.8) is 0 Å². The Labute approximate surface area is 195 Å². The molecular weight excluding hydrogens is 441 g/mol. The number of fused-ring (bicyclic) bond motifs is 1. The second-order valence-corrected chi connectivity index (χ2v) is 8.91. The zero-order chi connectivity index (χ0) is 23.9. The molecule has 0 aromatic heterocycles. The van der Waals surface area contributed by atoms with Gasteiger partial charge in [0.2, 0.25) is 11.8 Å². The van der Waals surface area contributed by atoms with Gasteiger partial charge in [0, 0.05) is 31.7 Å². The molecule has 1 atom stereocenters. The average Bonchev–Trinajstić information content (AvgIpc) is 3.16. The third-order valence-corrected chi connectivity index (χ3v) is 6.86. The van der Waals surface area contributed by atoms with Crippen molar-refractivity contribution in [3.05, 3.63) is 70.5 Å². The Morgan fingerprint density at radius 1 is 1.12 bits per heavy atom. The molecular formula is C25H24FN3O5. The number of rotatable bonds is 4. The Morgan fingerprint density at radius 3 is 2.56 bits per heavy atom. The van der Waals surface area contributed by atoms with Gasteiger partial charge >= 0.3 is 0 Å². The lowest BCUT2D eigenvalue weighted by molar-refractivity contribution is -0.136. The molecule has 5 rings (SSSR count). The predicted molar refractivity (Wildman–Crippen MR) is 118 cm³/mol. The van der Waals surface area contributed by atoms with Gasteiger partial charge in [-0.05, 0) is 42.5 Å². The Bertz CT molecular complexity index is 1180. The summed E-state index contributed by atoms with van der Waals surface area (Å²) >= 11 is 0. The second kappa shape index (κ2) is 8.64. The normalized spacial score (nSPS) is 21.7. The van der Waals surface area contributed by atoms with Crippen LogP contribution < -0.4 is 10.6 Å². The smallest absolute Gasteiger partial charge is 0.258 e. The summed E-state index contributed by atoms with van der Waals surface area (Å²) in [6, 6.07) is 11.3. The molecule has 3 aliphatic heterocycles. The minimum absolute atomic E-state index is 0.00382. The van der Waals surface area contributed by atoms with E-state index in [1.54, 1.807) is 0 Å². The number of piperidine rings is 1. The molecule has 2 aromatic rings. The lowest BCUT2D eigenvalue weighted by Crippen LogP contribution is -2.52. The number of carbonyl (C=O) groups is 4. The number of ether oxygens (including phenoxy) is 1. The summed E-state index contributed by atoms with van der Waals surface area (Å²) in [5.41, 5.74) is 0.634. The molecule has 4 amide bonds. The summed E-state index contributed by atoms with van der Waals surface area (Å²) in [4.78, 5) is 51.1. The number of nitrogens with zero attached hydrogens (tertiary/aromatic N) is 1. The van der Waals surface area contributed by atoms with Gasteiger partial charge in [-0.2, -0.15) is 0 Å². The van der Waals surface area contributed by atoms with Crippen LogP contribution in [0.4, 0.5) is 4.39 Å². The van der Waals surface area contributed by atoms with Crippen molar-refractivity contribution in [2.24, 2.45) is 0 Å². The summed E-state index contributed by atoms with van der Waals surface area (Å²) in [5, 5.41) is 5.32. The van der Waals surface area contributed by atoms with E-state index in [0.717, 1.165) is 11.6 Å². The number of carbonyl (C=O) groups excluding carboxylic acids is 4. The molecule has 2 saturated heterocycles. The summed E-state index contributed by atoms with van der Waals surface area (Å²) < 4.78 is 20.6. The standard InChI is InChI=1S/C25H24FN3O5/c26-18-13-15(22(31)28-25(8-10-34-11-9-25)17-4-2-1-3-5-17)12-16-14-29(24(33)21(16)18)19-6-7-20(30)27-23(19)32/h1-5,12-13,19H,6-11,14H2,(H,28,31)(H,27,30,32). The fraction of sp³-hybridized carbons (Fsp3) is 0.360. The molecule has 2 aromatic carbocycles. The fourth-order valence-corrected chi connectivity index (χ4v) is 5.04. The van der Waals surface area contributed by atoms with Gasteiger partial charge in [0.05, 0.1) is 11.1 Å². The first-order valence-corrected chi connectivity index (χ1v) is 11.3. The summed E-state index contributed by atoms with van der Waals surface area (Å²) in [7, 11) is 0. The first-order chi connectivity index (χ1) is 16.4. The molecule has 9 heteroatoms. The van der Waals surface area contributed by atoms with Crippen LogP contribution in [-0.2, 0) is 26.4 Å². The van der Waals surface area contributed by atoms with Crippen LogP contribution in [0.25, 0.3) is 0 Å². The first kappa shape index (κ1) is 22.2. The summed E-state index contributed by atoms with van der Waals surface area (Å²) in [6.07, 6.45) is 1.45. The number of nitrogens with one attached hydrogen (secondary N) is 2. The highest BCUT2D eigenvalue weighted by Crippen LogP contribution is 2.34. The van der Waals surface area contributed by atoms with Crippen molar-refractivity contribution in [1.82, 2.24) is 15.5 Å². The largest absolute Gasteiger partial charge is 0.381 e. The number of hydrogen-bond acceptors (Lipinski definition) is 5. The maximum atomic E-state index is 15.1. The zero-order valence-electron chi connectivity index (χ0n) is 18.4. The molecule has 8 nitrogen and oxygen atoms in total.